The highest BCUT2D eigenvalue weighted by Gasteiger charge is 2.19. The van der Waals surface area contributed by atoms with Gasteiger partial charge >= 0.3 is 0 Å². The highest BCUT2D eigenvalue weighted by Crippen LogP contribution is 2.12. The first-order chi connectivity index (χ1) is 7.84. The van der Waals surface area contributed by atoms with E-state index in [-0.39, 0.29) is 11.9 Å². The van der Waals surface area contributed by atoms with Gasteiger partial charge < -0.3 is 15.4 Å². The molecule has 2 atom stereocenters. The molecule has 0 spiro atoms. The number of nitrogens with one attached hydrogen (secondary N) is 2. The van der Waals surface area contributed by atoms with Gasteiger partial charge in [0.25, 0.3) is 0 Å². The van der Waals surface area contributed by atoms with Crippen LogP contribution in [0.1, 0.15) is 38.5 Å². The molecule has 1 amide bonds. The molecular weight excluding hydrogens is 204 g/mol. The third kappa shape index (κ3) is 3.76. The van der Waals surface area contributed by atoms with E-state index in [2.05, 4.69) is 10.6 Å². The number of hydrogen-bond donors (Lipinski definition) is 2. The summed E-state index contributed by atoms with van der Waals surface area (Å²) in [4.78, 5) is 11.6. The quantitative estimate of drug-likeness (QED) is 0.746. The average molecular weight is 226 g/mol. The second kappa shape index (κ2) is 6.21. The number of rotatable bonds is 4. The highest BCUT2D eigenvalue weighted by molar-refractivity contribution is 5.76. The maximum atomic E-state index is 11.6. The van der Waals surface area contributed by atoms with Gasteiger partial charge in [-0.1, -0.05) is 6.42 Å². The van der Waals surface area contributed by atoms with Gasteiger partial charge in [-0.15, -0.1) is 0 Å². The molecule has 0 aromatic carbocycles. The van der Waals surface area contributed by atoms with Gasteiger partial charge in [0.15, 0.2) is 0 Å². The number of hydrogen-bond acceptors (Lipinski definition) is 3. The molecule has 0 radical (unpaired) electrons. The molecule has 2 saturated heterocycles. The molecule has 2 rings (SSSR count). The maximum Gasteiger partial charge on any atom is 0.220 e. The van der Waals surface area contributed by atoms with Gasteiger partial charge in [0.1, 0.15) is 0 Å². The number of amides is 1. The minimum absolute atomic E-state index is 0.183. The Morgan fingerprint density at radius 2 is 2.31 bits per heavy atom. The summed E-state index contributed by atoms with van der Waals surface area (Å²) in [6.45, 7) is 2.59. The Morgan fingerprint density at radius 3 is 3.00 bits per heavy atom. The van der Waals surface area contributed by atoms with Crippen molar-refractivity contribution in [2.45, 2.75) is 50.6 Å². The van der Waals surface area contributed by atoms with Crippen molar-refractivity contribution in [2.75, 3.05) is 19.8 Å². The SMILES string of the molecule is O=C(CCC1CCCCN1)NC1CCOC1. The van der Waals surface area contributed by atoms with E-state index in [1.54, 1.807) is 0 Å². The Morgan fingerprint density at radius 1 is 1.38 bits per heavy atom. The largest absolute Gasteiger partial charge is 0.379 e. The lowest BCUT2D eigenvalue weighted by Gasteiger charge is -2.23. The normalized spacial score (nSPS) is 30.2. The molecule has 0 aromatic rings. The molecule has 2 N–H and O–H groups in total. The van der Waals surface area contributed by atoms with Crippen LogP contribution in [0.4, 0.5) is 0 Å². The summed E-state index contributed by atoms with van der Waals surface area (Å²) in [5.41, 5.74) is 0. The third-order valence-corrected chi connectivity index (χ3v) is 3.43. The van der Waals surface area contributed by atoms with Crippen LogP contribution in [0.2, 0.25) is 0 Å². The predicted octanol–water partition coefficient (Wildman–Crippen LogP) is 0.814. The first kappa shape index (κ1) is 11.9. The van der Waals surface area contributed by atoms with Gasteiger partial charge in [0, 0.05) is 19.1 Å². The van der Waals surface area contributed by atoms with Crippen LogP contribution in [0.5, 0.6) is 0 Å². The molecule has 2 aliphatic heterocycles. The van der Waals surface area contributed by atoms with Crippen LogP contribution >= 0.6 is 0 Å². The molecule has 2 heterocycles. The summed E-state index contributed by atoms with van der Waals surface area (Å²) in [6.07, 6.45) is 6.39. The van der Waals surface area contributed by atoms with Crippen molar-refractivity contribution in [3.8, 4) is 0 Å². The van der Waals surface area contributed by atoms with Crippen molar-refractivity contribution in [3.05, 3.63) is 0 Å². The molecule has 4 nitrogen and oxygen atoms in total. The van der Waals surface area contributed by atoms with Crippen LogP contribution in [0, 0.1) is 0 Å². The lowest BCUT2D eigenvalue weighted by atomic mass is 10.0. The van der Waals surface area contributed by atoms with Crippen LogP contribution in [0.3, 0.4) is 0 Å². The highest BCUT2D eigenvalue weighted by atomic mass is 16.5. The van der Waals surface area contributed by atoms with E-state index >= 15 is 0 Å². The van der Waals surface area contributed by atoms with Crippen molar-refractivity contribution < 1.29 is 9.53 Å². The van der Waals surface area contributed by atoms with Crippen molar-refractivity contribution in [1.82, 2.24) is 10.6 Å². The van der Waals surface area contributed by atoms with Crippen LogP contribution in [0.15, 0.2) is 0 Å². The van der Waals surface area contributed by atoms with Crippen molar-refractivity contribution >= 4 is 5.91 Å². The minimum Gasteiger partial charge on any atom is -0.379 e. The summed E-state index contributed by atoms with van der Waals surface area (Å²) >= 11 is 0. The van der Waals surface area contributed by atoms with Gasteiger partial charge in [-0.25, -0.2) is 0 Å². The third-order valence-electron chi connectivity index (χ3n) is 3.43. The Labute approximate surface area is 97.1 Å². The number of ether oxygens (including phenoxy) is 1. The summed E-state index contributed by atoms with van der Waals surface area (Å²) in [5, 5.41) is 6.49. The van der Waals surface area contributed by atoms with E-state index in [9.17, 15) is 4.79 Å². The van der Waals surface area contributed by atoms with E-state index in [1.807, 2.05) is 0 Å². The maximum absolute atomic E-state index is 11.6. The van der Waals surface area contributed by atoms with E-state index < -0.39 is 0 Å². The Bertz CT molecular complexity index is 221. The molecule has 2 fully saturated rings. The minimum atomic E-state index is 0.183. The first-order valence-corrected chi connectivity index (χ1v) is 6.45. The number of carbonyl (C=O) groups is 1. The number of piperidine rings is 1. The monoisotopic (exact) mass is 226 g/mol. The summed E-state index contributed by atoms with van der Waals surface area (Å²) < 4.78 is 5.23. The second-order valence-electron chi connectivity index (χ2n) is 4.81. The first-order valence-electron chi connectivity index (χ1n) is 6.45. The summed E-state index contributed by atoms with van der Waals surface area (Å²) in [7, 11) is 0. The predicted molar refractivity (Wildman–Crippen MR) is 62.2 cm³/mol. The van der Waals surface area contributed by atoms with Crippen LogP contribution < -0.4 is 10.6 Å². The fourth-order valence-corrected chi connectivity index (χ4v) is 2.42. The second-order valence-corrected chi connectivity index (χ2v) is 4.81. The molecule has 2 aliphatic rings. The van der Waals surface area contributed by atoms with Crippen LogP contribution in [-0.4, -0.2) is 37.7 Å². The molecule has 2 unspecified atom stereocenters. The topological polar surface area (TPSA) is 50.4 Å². The molecule has 0 aliphatic carbocycles. The molecule has 92 valence electrons. The lowest BCUT2D eigenvalue weighted by molar-refractivity contribution is -0.122. The Hall–Kier alpha value is -0.610. The van der Waals surface area contributed by atoms with Crippen molar-refractivity contribution in [1.29, 1.82) is 0 Å². The van der Waals surface area contributed by atoms with Gasteiger partial charge in [-0.3, -0.25) is 4.79 Å². The fraction of sp³-hybridized carbons (Fsp3) is 0.917. The van der Waals surface area contributed by atoms with E-state index in [1.165, 1.54) is 19.3 Å². The molecule has 16 heavy (non-hydrogen) atoms. The Kier molecular flexibility index (Phi) is 4.60. The van der Waals surface area contributed by atoms with Crippen LogP contribution in [0.25, 0.3) is 0 Å². The van der Waals surface area contributed by atoms with E-state index in [0.717, 1.165) is 26.0 Å². The zero-order valence-corrected chi connectivity index (χ0v) is 9.84. The summed E-state index contributed by atoms with van der Waals surface area (Å²) in [6, 6.07) is 0.811. The molecular formula is C12H22N2O2. The molecule has 0 aromatic heterocycles. The zero-order valence-electron chi connectivity index (χ0n) is 9.84. The molecule has 0 saturated carbocycles. The Balaban J connectivity index is 1.59. The van der Waals surface area contributed by atoms with Gasteiger partial charge in [0.05, 0.1) is 12.6 Å². The van der Waals surface area contributed by atoms with Gasteiger partial charge in [-0.2, -0.15) is 0 Å². The fourth-order valence-electron chi connectivity index (χ4n) is 2.42. The lowest BCUT2D eigenvalue weighted by Crippen LogP contribution is -2.38. The van der Waals surface area contributed by atoms with Gasteiger partial charge in [0.2, 0.25) is 5.91 Å². The molecule has 4 heteroatoms. The smallest absolute Gasteiger partial charge is 0.220 e. The van der Waals surface area contributed by atoms with Gasteiger partial charge in [-0.05, 0) is 32.2 Å². The van der Waals surface area contributed by atoms with Crippen LogP contribution in [-0.2, 0) is 9.53 Å². The van der Waals surface area contributed by atoms with Crippen molar-refractivity contribution in [3.63, 3.8) is 0 Å². The zero-order chi connectivity index (χ0) is 11.2. The standard InChI is InChI=1S/C12H22N2O2/c15-12(14-11-6-8-16-9-11)5-4-10-3-1-2-7-13-10/h10-11,13H,1-9H2,(H,14,15). The van der Waals surface area contributed by atoms with E-state index in [0.29, 0.717) is 19.1 Å². The van der Waals surface area contributed by atoms with E-state index in [4.69, 9.17) is 4.74 Å². The summed E-state index contributed by atoms with van der Waals surface area (Å²) in [5.74, 6) is 0.183. The average Bonchev–Trinajstić information content (AvgIpc) is 2.81. The van der Waals surface area contributed by atoms with Crippen molar-refractivity contribution in [2.24, 2.45) is 0 Å². The molecule has 0 bridgehead atoms. The number of carbonyl (C=O) groups excluding carboxylic acids is 1.